The van der Waals surface area contributed by atoms with Crippen LogP contribution in [0.25, 0.3) is 10.9 Å². The van der Waals surface area contributed by atoms with Gasteiger partial charge in [-0.05, 0) is 30.2 Å². The summed E-state index contributed by atoms with van der Waals surface area (Å²) >= 11 is 0. The number of alkyl halides is 3. The number of para-hydroxylation sites is 1. The summed E-state index contributed by atoms with van der Waals surface area (Å²) in [5.41, 5.74) is 1.85. The third kappa shape index (κ3) is 4.43. The minimum Gasteiger partial charge on any atom is -0.467 e. The first-order chi connectivity index (χ1) is 11.9. The quantitative estimate of drug-likeness (QED) is 0.721. The maximum atomic E-state index is 12.8. The van der Waals surface area contributed by atoms with Crippen LogP contribution in [-0.4, -0.2) is 28.5 Å². The number of H-pyrrole nitrogens is 1. The summed E-state index contributed by atoms with van der Waals surface area (Å²) in [6, 6.07) is 10.7. The average Bonchev–Trinajstić information content (AvgIpc) is 3.20. The van der Waals surface area contributed by atoms with Gasteiger partial charge in [0.1, 0.15) is 12.3 Å². The molecular formula is C18H17F3N2O2. The third-order valence-electron chi connectivity index (χ3n) is 3.93. The number of amides is 1. The summed E-state index contributed by atoms with van der Waals surface area (Å²) in [6.45, 7) is -1.49. The van der Waals surface area contributed by atoms with Crippen molar-refractivity contribution < 1.29 is 22.4 Å². The highest BCUT2D eigenvalue weighted by Gasteiger charge is 2.33. The topological polar surface area (TPSA) is 49.2 Å². The van der Waals surface area contributed by atoms with Gasteiger partial charge in [0.05, 0.1) is 12.8 Å². The van der Waals surface area contributed by atoms with Crippen molar-refractivity contribution in [1.29, 1.82) is 0 Å². The number of carbonyl (C=O) groups excluding carboxylic acids is 1. The number of aromatic amines is 1. The van der Waals surface area contributed by atoms with Crippen LogP contribution in [0, 0.1) is 0 Å². The third-order valence-corrected chi connectivity index (χ3v) is 3.93. The number of fused-ring (bicyclic) bond motifs is 1. The number of aryl methyl sites for hydroxylation is 1. The predicted molar refractivity (Wildman–Crippen MR) is 86.8 cm³/mol. The Kier molecular flexibility index (Phi) is 4.83. The number of aromatic nitrogens is 1. The molecule has 0 unspecified atom stereocenters. The van der Waals surface area contributed by atoms with E-state index in [0.717, 1.165) is 21.4 Å². The van der Waals surface area contributed by atoms with Crippen LogP contribution >= 0.6 is 0 Å². The molecule has 1 N–H and O–H groups in total. The first-order valence-corrected chi connectivity index (χ1v) is 7.84. The molecule has 0 atom stereocenters. The van der Waals surface area contributed by atoms with Crippen molar-refractivity contribution in [2.45, 2.75) is 25.6 Å². The lowest BCUT2D eigenvalue weighted by molar-refractivity contribution is -0.162. The minimum absolute atomic E-state index is 0.00135. The van der Waals surface area contributed by atoms with Crippen molar-refractivity contribution in [3.05, 3.63) is 60.2 Å². The molecule has 7 heteroatoms. The molecule has 3 rings (SSSR count). The van der Waals surface area contributed by atoms with Crippen molar-refractivity contribution in [2.24, 2.45) is 0 Å². The van der Waals surface area contributed by atoms with Crippen LogP contribution in [0.3, 0.4) is 0 Å². The molecule has 0 aliphatic rings. The maximum absolute atomic E-state index is 12.8. The molecule has 4 nitrogen and oxygen atoms in total. The van der Waals surface area contributed by atoms with Crippen LogP contribution in [0.5, 0.6) is 0 Å². The highest BCUT2D eigenvalue weighted by atomic mass is 19.4. The smallest absolute Gasteiger partial charge is 0.406 e. The van der Waals surface area contributed by atoms with E-state index in [0.29, 0.717) is 12.2 Å². The van der Waals surface area contributed by atoms with Crippen molar-refractivity contribution >= 4 is 16.8 Å². The number of benzene rings is 1. The number of rotatable bonds is 6. The van der Waals surface area contributed by atoms with E-state index in [1.54, 1.807) is 18.3 Å². The SMILES string of the molecule is O=C(CCc1c[nH]c2ccccc12)N(Cc1ccco1)CC(F)(F)F. The lowest BCUT2D eigenvalue weighted by Crippen LogP contribution is -2.38. The Morgan fingerprint density at radius 2 is 1.96 bits per heavy atom. The molecule has 132 valence electrons. The molecule has 0 bridgehead atoms. The lowest BCUT2D eigenvalue weighted by atomic mass is 10.1. The molecule has 0 fully saturated rings. The van der Waals surface area contributed by atoms with Gasteiger partial charge in [-0.15, -0.1) is 0 Å². The van der Waals surface area contributed by atoms with Gasteiger partial charge in [0.2, 0.25) is 5.91 Å². The van der Waals surface area contributed by atoms with Gasteiger partial charge in [0.15, 0.2) is 0 Å². The zero-order valence-corrected chi connectivity index (χ0v) is 13.3. The van der Waals surface area contributed by atoms with E-state index in [2.05, 4.69) is 4.98 Å². The van der Waals surface area contributed by atoms with Gasteiger partial charge in [-0.1, -0.05) is 18.2 Å². The van der Waals surface area contributed by atoms with E-state index in [1.807, 2.05) is 24.3 Å². The summed E-state index contributed by atoms with van der Waals surface area (Å²) in [7, 11) is 0. The fourth-order valence-electron chi connectivity index (χ4n) is 2.78. The normalized spacial score (nSPS) is 11.8. The Hall–Kier alpha value is -2.70. The molecule has 0 aliphatic heterocycles. The standard InChI is InChI=1S/C18H17F3N2O2/c19-18(20,21)12-23(11-14-4-3-9-25-14)17(24)8-7-13-10-22-16-6-2-1-5-15(13)16/h1-6,9-10,22H,7-8,11-12H2. The van der Waals surface area contributed by atoms with Crippen LogP contribution in [0.4, 0.5) is 13.2 Å². The van der Waals surface area contributed by atoms with E-state index in [1.165, 1.54) is 6.26 Å². The van der Waals surface area contributed by atoms with Crippen molar-refractivity contribution in [3.63, 3.8) is 0 Å². The van der Waals surface area contributed by atoms with Gasteiger partial charge >= 0.3 is 6.18 Å². The van der Waals surface area contributed by atoms with Crippen LogP contribution in [0.15, 0.2) is 53.3 Å². The lowest BCUT2D eigenvalue weighted by Gasteiger charge is -2.23. The van der Waals surface area contributed by atoms with Gasteiger partial charge in [0, 0.05) is 23.5 Å². The molecule has 1 amide bonds. The molecule has 2 heterocycles. The van der Waals surface area contributed by atoms with Gasteiger partial charge < -0.3 is 14.3 Å². The molecule has 0 saturated heterocycles. The summed E-state index contributed by atoms with van der Waals surface area (Å²) in [6.07, 6.45) is -0.923. The number of halogens is 3. The molecule has 3 aromatic rings. The Morgan fingerprint density at radius 3 is 2.68 bits per heavy atom. The van der Waals surface area contributed by atoms with Crippen LogP contribution in [0.1, 0.15) is 17.7 Å². The van der Waals surface area contributed by atoms with Crippen LogP contribution in [0.2, 0.25) is 0 Å². The van der Waals surface area contributed by atoms with Gasteiger partial charge in [-0.2, -0.15) is 13.2 Å². The second kappa shape index (κ2) is 7.04. The summed E-state index contributed by atoms with van der Waals surface area (Å²) in [5, 5.41) is 0.976. The van der Waals surface area contributed by atoms with E-state index in [-0.39, 0.29) is 13.0 Å². The molecule has 0 aliphatic carbocycles. The monoisotopic (exact) mass is 350 g/mol. The Morgan fingerprint density at radius 1 is 1.16 bits per heavy atom. The highest BCUT2D eigenvalue weighted by molar-refractivity contribution is 5.84. The number of hydrogen-bond donors (Lipinski definition) is 1. The van der Waals surface area contributed by atoms with Gasteiger partial charge in [-0.25, -0.2) is 0 Å². The number of nitrogens with zero attached hydrogens (tertiary/aromatic N) is 1. The fourth-order valence-corrected chi connectivity index (χ4v) is 2.78. The molecular weight excluding hydrogens is 333 g/mol. The average molecular weight is 350 g/mol. The molecule has 2 aromatic heterocycles. The molecule has 0 saturated carbocycles. The predicted octanol–water partition coefficient (Wildman–Crippen LogP) is 4.28. The van der Waals surface area contributed by atoms with E-state index < -0.39 is 18.6 Å². The molecule has 0 radical (unpaired) electrons. The first-order valence-electron chi connectivity index (χ1n) is 7.84. The van der Waals surface area contributed by atoms with Gasteiger partial charge in [0.25, 0.3) is 0 Å². The van der Waals surface area contributed by atoms with Crippen LogP contribution in [-0.2, 0) is 17.8 Å². The first kappa shape index (κ1) is 17.1. The number of hydrogen-bond acceptors (Lipinski definition) is 2. The Balaban J connectivity index is 1.69. The summed E-state index contributed by atoms with van der Waals surface area (Å²) in [5.74, 6) is -0.233. The largest absolute Gasteiger partial charge is 0.467 e. The Labute approximate surface area is 142 Å². The molecule has 0 spiro atoms. The second-order valence-electron chi connectivity index (χ2n) is 5.80. The zero-order valence-electron chi connectivity index (χ0n) is 13.3. The minimum atomic E-state index is -4.46. The summed E-state index contributed by atoms with van der Waals surface area (Å²) in [4.78, 5) is 16.2. The summed E-state index contributed by atoms with van der Waals surface area (Å²) < 4.78 is 43.4. The van der Waals surface area contributed by atoms with Gasteiger partial charge in [-0.3, -0.25) is 4.79 Å². The molecule has 1 aromatic carbocycles. The van der Waals surface area contributed by atoms with E-state index >= 15 is 0 Å². The van der Waals surface area contributed by atoms with E-state index in [4.69, 9.17) is 4.42 Å². The maximum Gasteiger partial charge on any atom is 0.406 e. The fraction of sp³-hybridized carbons (Fsp3) is 0.278. The number of furan rings is 1. The second-order valence-corrected chi connectivity index (χ2v) is 5.80. The van der Waals surface area contributed by atoms with Crippen molar-refractivity contribution in [3.8, 4) is 0 Å². The van der Waals surface area contributed by atoms with Crippen molar-refractivity contribution in [1.82, 2.24) is 9.88 Å². The van der Waals surface area contributed by atoms with E-state index in [9.17, 15) is 18.0 Å². The Bertz CT molecular complexity index is 838. The zero-order chi connectivity index (χ0) is 17.9. The number of carbonyl (C=O) groups is 1. The van der Waals surface area contributed by atoms with Crippen molar-refractivity contribution in [2.75, 3.05) is 6.54 Å². The molecule has 25 heavy (non-hydrogen) atoms. The van der Waals surface area contributed by atoms with Crippen LogP contribution < -0.4 is 0 Å². The highest BCUT2D eigenvalue weighted by Crippen LogP contribution is 2.22. The number of nitrogens with one attached hydrogen (secondary N) is 1.